The Kier molecular flexibility index (Phi) is 4.64. The molecule has 5 rings (SSSR count). The number of hydrogen-bond donors (Lipinski definition) is 0. The average molecular weight is 389 g/mol. The second-order valence-corrected chi connectivity index (χ2v) is 8.29. The van der Waals surface area contributed by atoms with Gasteiger partial charge in [0.25, 0.3) is 0 Å². The molecular weight excluding hydrogens is 365 g/mol. The first-order valence-electron chi connectivity index (χ1n) is 10.4. The fraction of sp³-hybridized carbons (Fsp3) is 0.400. The Balaban J connectivity index is 1.26. The van der Waals surface area contributed by atoms with E-state index in [1.54, 1.807) is 6.07 Å². The van der Waals surface area contributed by atoms with Crippen LogP contribution in [-0.2, 0) is 16.0 Å². The molecule has 3 nitrogen and oxygen atoms in total. The summed E-state index contributed by atoms with van der Waals surface area (Å²) in [5.41, 5.74) is 4.43. The maximum Gasteiger partial charge on any atom is 0.309 e. The summed E-state index contributed by atoms with van der Waals surface area (Å²) in [5, 5.41) is 0. The van der Waals surface area contributed by atoms with E-state index in [0.717, 1.165) is 31.5 Å². The molecule has 0 aromatic heterocycles. The van der Waals surface area contributed by atoms with Crippen LogP contribution in [0, 0.1) is 35.4 Å². The van der Waals surface area contributed by atoms with Crippen LogP contribution in [0.3, 0.4) is 0 Å². The van der Waals surface area contributed by atoms with Gasteiger partial charge >= 0.3 is 5.97 Å². The minimum Gasteiger partial charge on any atom is -0.466 e. The number of piperidine rings is 1. The van der Waals surface area contributed by atoms with Gasteiger partial charge in [-0.15, -0.1) is 0 Å². The number of benzene rings is 2. The van der Waals surface area contributed by atoms with Gasteiger partial charge < -0.3 is 4.74 Å². The molecule has 4 heteroatoms. The van der Waals surface area contributed by atoms with Crippen LogP contribution in [0.1, 0.15) is 41.6 Å². The van der Waals surface area contributed by atoms with Crippen molar-refractivity contribution in [3.63, 3.8) is 0 Å². The molecule has 0 amide bonds. The summed E-state index contributed by atoms with van der Waals surface area (Å²) in [7, 11) is 0. The molecule has 3 aliphatic rings. The van der Waals surface area contributed by atoms with E-state index in [2.05, 4.69) is 34.9 Å². The second-order valence-electron chi connectivity index (χ2n) is 8.29. The number of hydrogen-bond acceptors (Lipinski definition) is 3. The summed E-state index contributed by atoms with van der Waals surface area (Å²) in [5.74, 6) is 7.05. The highest BCUT2D eigenvalue weighted by atomic mass is 19.1. The summed E-state index contributed by atoms with van der Waals surface area (Å²) in [6, 6.07) is 13.3. The Morgan fingerprint density at radius 1 is 1.14 bits per heavy atom. The van der Waals surface area contributed by atoms with Crippen molar-refractivity contribution >= 4 is 5.97 Å². The van der Waals surface area contributed by atoms with Gasteiger partial charge in [-0.25, -0.2) is 4.39 Å². The van der Waals surface area contributed by atoms with E-state index in [1.807, 2.05) is 13.0 Å². The molecule has 1 saturated heterocycles. The Morgan fingerprint density at radius 2 is 1.90 bits per heavy atom. The van der Waals surface area contributed by atoms with Gasteiger partial charge in [0.2, 0.25) is 0 Å². The van der Waals surface area contributed by atoms with Crippen LogP contribution in [0.4, 0.5) is 4.39 Å². The Morgan fingerprint density at radius 3 is 2.62 bits per heavy atom. The van der Waals surface area contributed by atoms with Crippen LogP contribution in [0.15, 0.2) is 42.5 Å². The zero-order valence-corrected chi connectivity index (χ0v) is 16.5. The second kappa shape index (κ2) is 7.31. The molecule has 1 unspecified atom stereocenters. The third-order valence-electron chi connectivity index (χ3n) is 6.59. The predicted octanol–water partition coefficient (Wildman–Crippen LogP) is 3.95. The van der Waals surface area contributed by atoms with Crippen molar-refractivity contribution in [1.82, 2.24) is 4.90 Å². The number of fused-ring (bicyclic) bond motifs is 2. The van der Waals surface area contributed by atoms with E-state index in [-0.39, 0.29) is 17.7 Å². The van der Waals surface area contributed by atoms with Crippen LogP contribution >= 0.6 is 0 Å². The molecule has 0 radical (unpaired) electrons. The highest BCUT2D eigenvalue weighted by molar-refractivity contribution is 5.77. The third-order valence-corrected chi connectivity index (χ3v) is 6.59. The largest absolute Gasteiger partial charge is 0.466 e. The Bertz CT molecular complexity index is 1010. The molecule has 1 saturated carbocycles. The van der Waals surface area contributed by atoms with Crippen molar-refractivity contribution in [2.45, 2.75) is 25.8 Å². The number of halogens is 1. The van der Waals surface area contributed by atoms with Gasteiger partial charge in [-0.3, -0.25) is 9.69 Å². The van der Waals surface area contributed by atoms with Crippen LogP contribution in [0.2, 0.25) is 0 Å². The normalized spacial score (nSPS) is 27.0. The van der Waals surface area contributed by atoms with Crippen molar-refractivity contribution in [3.05, 3.63) is 70.5 Å². The van der Waals surface area contributed by atoms with E-state index in [1.165, 1.54) is 23.3 Å². The van der Waals surface area contributed by atoms with E-state index in [4.69, 9.17) is 4.74 Å². The van der Waals surface area contributed by atoms with E-state index in [9.17, 15) is 9.18 Å². The molecule has 0 bridgehead atoms. The Hall–Kier alpha value is -2.64. The maximum atomic E-state index is 13.3. The number of likely N-dealkylation sites (tertiary alicyclic amines) is 1. The molecule has 29 heavy (non-hydrogen) atoms. The highest BCUT2D eigenvalue weighted by Crippen LogP contribution is 2.55. The van der Waals surface area contributed by atoms with Crippen LogP contribution in [0.25, 0.3) is 0 Å². The minimum absolute atomic E-state index is 0.00418. The summed E-state index contributed by atoms with van der Waals surface area (Å²) < 4.78 is 18.5. The highest BCUT2D eigenvalue weighted by Gasteiger charge is 2.61. The lowest BCUT2D eigenvalue weighted by Gasteiger charge is -2.27. The minimum atomic E-state index is -0.262. The molecule has 0 spiro atoms. The molecule has 1 heterocycles. The fourth-order valence-corrected chi connectivity index (χ4v) is 5.16. The molecule has 0 N–H and O–H groups in total. The molecule has 2 aromatic carbocycles. The molecule has 2 aromatic rings. The zero-order valence-electron chi connectivity index (χ0n) is 16.5. The molecule has 4 atom stereocenters. The number of rotatable bonds is 3. The van der Waals surface area contributed by atoms with E-state index < -0.39 is 0 Å². The number of aryl methyl sites for hydroxylation is 1. The van der Waals surface area contributed by atoms with Crippen LogP contribution in [-0.4, -0.2) is 30.6 Å². The summed E-state index contributed by atoms with van der Waals surface area (Å²) >= 11 is 0. The monoisotopic (exact) mass is 389 g/mol. The molecule has 148 valence electrons. The van der Waals surface area contributed by atoms with Gasteiger partial charge in [0.05, 0.1) is 12.5 Å². The van der Waals surface area contributed by atoms with Crippen molar-refractivity contribution in [1.29, 1.82) is 0 Å². The molecule has 2 aliphatic carbocycles. The number of nitrogens with zero attached hydrogens (tertiary/aromatic N) is 1. The predicted molar refractivity (Wildman–Crippen MR) is 109 cm³/mol. The smallest absolute Gasteiger partial charge is 0.309 e. The summed E-state index contributed by atoms with van der Waals surface area (Å²) in [6.07, 6.45) is 2.18. The van der Waals surface area contributed by atoms with Gasteiger partial charge in [0, 0.05) is 30.3 Å². The number of esters is 1. The number of carbonyl (C=O) groups excluding carboxylic acids is 1. The van der Waals surface area contributed by atoms with Crippen molar-refractivity contribution in [2.24, 2.45) is 17.8 Å². The van der Waals surface area contributed by atoms with Gasteiger partial charge in [0.15, 0.2) is 0 Å². The lowest BCUT2D eigenvalue weighted by Crippen LogP contribution is -2.30. The van der Waals surface area contributed by atoms with E-state index >= 15 is 0 Å². The van der Waals surface area contributed by atoms with Crippen molar-refractivity contribution in [2.75, 3.05) is 19.7 Å². The topological polar surface area (TPSA) is 29.5 Å². The third kappa shape index (κ3) is 3.45. The molecular formula is C25H24FNO2. The summed E-state index contributed by atoms with van der Waals surface area (Å²) in [6.45, 7) is 4.34. The first kappa shape index (κ1) is 18.4. The maximum absolute atomic E-state index is 13.3. The van der Waals surface area contributed by atoms with E-state index in [0.29, 0.717) is 30.0 Å². The van der Waals surface area contributed by atoms with Gasteiger partial charge in [-0.1, -0.05) is 24.0 Å². The van der Waals surface area contributed by atoms with Gasteiger partial charge in [-0.05, 0) is 73.1 Å². The van der Waals surface area contributed by atoms with Crippen molar-refractivity contribution < 1.29 is 13.9 Å². The Labute approximate surface area is 170 Å². The van der Waals surface area contributed by atoms with Gasteiger partial charge in [0.1, 0.15) is 5.82 Å². The van der Waals surface area contributed by atoms with Crippen LogP contribution in [0.5, 0.6) is 0 Å². The SMILES string of the molecule is CCOC(=O)[C@H]1[C@@H]2CN(C3CCc4cc(C#Cc5cccc(F)c5)ccc43)C[C@@H]21. The summed E-state index contributed by atoms with van der Waals surface area (Å²) in [4.78, 5) is 14.5. The first-order valence-corrected chi connectivity index (χ1v) is 10.4. The first-order chi connectivity index (χ1) is 14.1. The molecule has 1 aliphatic heterocycles. The lowest BCUT2D eigenvalue weighted by molar-refractivity contribution is -0.145. The standard InChI is InChI=1S/C25H24FNO2/c1-2-29-25(28)24-21-14-27(15-22(21)24)23-11-9-18-12-17(8-10-20(18)23)7-6-16-4-3-5-19(26)13-16/h3-5,8,10,12-13,21-24H,2,9,11,14-15H2,1H3/t21-,22+,23?,24+. The molecule has 2 fully saturated rings. The lowest BCUT2D eigenvalue weighted by atomic mass is 10.0. The quantitative estimate of drug-likeness (QED) is 0.588. The zero-order chi connectivity index (χ0) is 20.0. The van der Waals surface area contributed by atoms with Crippen molar-refractivity contribution in [3.8, 4) is 11.8 Å². The van der Waals surface area contributed by atoms with Gasteiger partial charge in [-0.2, -0.15) is 0 Å². The number of carbonyl (C=O) groups is 1. The average Bonchev–Trinajstić information content (AvgIpc) is 3.04. The van der Waals surface area contributed by atoms with Crippen LogP contribution < -0.4 is 0 Å². The fourth-order valence-electron chi connectivity index (χ4n) is 5.16. The number of ether oxygens (including phenoxy) is 1.